The van der Waals surface area contributed by atoms with E-state index < -0.39 is 6.30 Å². The van der Waals surface area contributed by atoms with E-state index in [1.165, 1.54) is 16.5 Å². The summed E-state index contributed by atoms with van der Waals surface area (Å²) < 4.78 is 26.7. The van der Waals surface area contributed by atoms with E-state index in [4.69, 9.17) is 0 Å². The molecule has 1 aliphatic rings. The minimum atomic E-state index is -1.46. The Hall–Kier alpha value is -2.33. The average molecular weight is 352 g/mol. The summed E-state index contributed by atoms with van der Waals surface area (Å²) in [6.45, 7) is 2.31. The second kappa shape index (κ2) is 7.12. The number of fused-ring (bicyclic) bond motifs is 1. The number of alkyl halides is 1. The molecule has 0 spiro atoms. The van der Waals surface area contributed by atoms with Crippen LogP contribution in [-0.2, 0) is 6.42 Å². The Balaban J connectivity index is 1.54. The van der Waals surface area contributed by atoms with Gasteiger partial charge in [-0.1, -0.05) is 42.5 Å². The van der Waals surface area contributed by atoms with Crippen molar-refractivity contribution in [3.8, 4) is 11.1 Å². The first-order valence-electron chi connectivity index (χ1n) is 9.12. The average Bonchev–Trinajstić information content (AvgIpc) is 2.66. The highest BCUT2D eigenvalue weighted by Crippen LogP contribution is 2.30. The van der Waals surface area contributed by atoms with Crippen LogP contribution in [0.5, 0.6) is 0 Å². The lowest BCUT2D eigenvalue weighted by atomic mass is 9.89. The lowest BCUT2D eigenvalue weighted by Gasteiger charge is -2.29. The molecule has 2 aromatic carbocycles. The Morgan fingerprint density at radius 3 is 2.65 bits per heavy atom. The monoisotopic (exact) mass is 352 g/mol. The number of aromatic nitrogens is 1. The van der Waals surface area contributed by atoms with Crippen LogP contribution >= 0.6 is 0 Å². The zero-order valence-electron chi connectivity index (χ0n) is 14.8. The number of nitrogens with zero attached hydrogens (tertiary/aromatic N) is 2. The van der Waals surface area contributed by atoms with Crippen LogP contribution in [-0.4, -0.2) is 22.9 Å². The maximum absolute atomic E-state index is 13.5. The van der Waals surface area contributed by atoms with Gasteiger partial charge in [0, 0.05) is 23.7 Å². The van der Waals surface area contributed by atoms with Crippen LogP contribution in [0.1, 0.15) is 24.0 Å². The van der Waals surface area contributed by atoms with Crippen LogP contribution in [0.4, 0.5) is 8.87 Å². The molecule has 1 aromatic heterocycles. The number of halogens is 2. The molecule has 0 saturated carbocycles. The van der Waals surface area contributed by atoms with Crippen molar-refractivity contribution in [2.75, 3.05) is 6.54 Å². The van der Waals surface area contributed by atoms with Gasteiger partial charge in [-0.3, -0.25) is 4.98 Å². The Bertz CT molecular complexity index is 908. The third-order valence-electron chi connectivity index (χ3n) is 5.42. The van der Waals surface area contributed by atoms with Crippen LogP contribution < -0.4 is 0 Å². The fourth-order valence-electron chi connectivity index (χ4n) is 3.86. The summed E-state index contributed by atoms with van der Waals surface area (Å²) >= 11 is 0. The summed E-state index contributed by atoms with van der Waals surface area (Å²) in [6, 6.07) is 16.5. The van der Waals surface area contributed by atoms with Gasteiger partial charge in [-0.05, 0) is 54.9 Å². The minimum absolute atomic E-state index is 0.186. The van der Waals surface area contributed by atoms with Crippen molar-refractivity contribution in [1.29, 1.82) is 0 Å². The maximum atomic E-state index is 13.5. The number of rotatable bonds is 3. The van der Waals surface area contributed by atoms with E-state index in [0.717, 1.165) is 23.1 Å². The molecule has 26 heavy (non-hydrogen) atoms. The van der Waals surface area contributed by atoms with Crippen LogP contribution in [0.3, 0.4) is 0 Å². The van der Waals surface area contributed by atoms with Crippen molar-refractivity contribution in [3.05, 3.63) is 65.9 Å². The highest BCUT2D eigenvalue weighted by Gasteiger charge is 2.28. The maximum Gasteiger partial charge on any atom is 0.180 e. The van der Waals surface area contributed by atoms with Crippen molar-refractivity contribution in [1.82, 2.24) is 10.1 Å². The fraction of sp³-hybridized carbons (Fsp3) is 0.318. The first kappa shape index (κ1) is 17.1. The molecule has 1 aliphatic heterocycles. The largest absolute Gasteiger partial charge is 0.256 e. The summed E-state index contributed by atoms with van der Waals surface area (Å²) in [5.41, 5.74) is 5.66. The van der Waals surface area contributed by atoms with Crippen LogP contribution in [0, 0.1) is 12.8 Å². The molecule has 2 atom stereocenters. The predicted octanol–water partition coefficient (Wildman–Crippen LogP) is 5.64. The molecule has 2 unspecified atom stereocenters. The Kier molecular flexibility index (Phi) is 4.68. The third kappa shape index (κ3) is 3.34. The zero-order valence-corrected chi connectivity index (χ0v) is 14.8. The van der Waals surface area contributed by atoms with E-state index in [0.29, 0.717) is 11.5 Å². The molecule has 2 nitrogen and oxygen atoms in total. The van der Waals surface area contributed by atoms with Gasteiger partial charge < -0.3 is 0 Å². The van der Waals surface area contributed by atoms with Gasteiger partial charge in [-0.25, -0.2) is 4.39 Å². The number of benzene rings is 2. The molecule has 0 amide bonds. The summed E-state index contributed by atoms with van der Waals surface area (Å²) in [4.78, 5) is 4.57. The molecule has 0 N–H and O–H groups in total. The molecular weight excluding hydrogens is 330 g/mol. The lowest BCUT2D eigenvalue weighted by molar-refractivity contribution is -0.113. The van der Waals surface area contributed by atoms with Crippen molar-refractivity contribution in [2.24, 2.45) is 5.92 Å². The summed E-state index contributed by atoms with van der Waals surface area (Å²) in [5, 5.41) is 1.48. The lowest BCUT2D eigenvalue weighted by Crippen LogP contribution is -2.34. The summed E-state index contributed by atoms with van der Waals surface area (Å²) in [5.74, 6) is 0.201. The van der Waals surface area contributed by atoms with Crippen molar-refractivity contribution in [3.63, 3.8) is 0 Å². The molecule has 2 heterocycles. The van der Waals surface area contributed by atoms with Crippen molar-refractivity contribution >= 4 is 10.9 Å². The molecule has 0 aliphatic carbocycles. The topological polar surface area (TPSA) is 16.1 Å². The van der Waals surface area contributed by atoms with Gasteiger partial charge in [-0.15, -0.1) is 9.60 Å². The van der Waals surface area contributed by atoms with E-state index in [1.54, 1.807) is 0 Å². The molecule has 134 valence electrons. The smallest absolute Gasteiger partial charge is 0.180 e. The number of piperidine rings is 1. The zero-order chi connectivity index (χ0) is 18.1. The van der Waals surface area contributed by atoms with Gasteiger partial charge in [0.2, 0.25) is 0 Å². The molecule has 3 aromatic rings. The number of pyridine rings is 1. The normalized spacial score (nSPS) is 21.2. The third-order valence-corrected chi connectivity index (χ3v) is 5.42. The number of hydrogen-bond donors (Lipinski definition) is 0. The fourth-order valence-corrected chi connectivity index (χ4v) is 3.86. The predicted molar refractivity (Wildman–Crippen MR) is 101 cm³/mol. The van der Waals surface area contributed by atoms with Gasteiger partial charge >= 0.3 is 0 Å². The van der Waals surface area contributed by atoms with Gasteiger partial charge in [0.1, 0.15) is 0 Å². The van der Waals surface area contributed by atoms with E-state index in [2.05, 4.69) is 42.2 Å². The standard InChI is InChI=1S/C22H22F2N2/c1-15-19-4-2-3-5-21(19)25-14-20(15)18-8-6-16(7-9-18)12-17-10-11-26(24)22(23)13-17/h2-9,14,17,22H,10-13H2,1H3. The number of para-hydroxylation sites is 1. The summed E-state index contributed by atoms with van der Waals surface area (Å²) in [6.07, 6.45) is 2.23. The number of hydrogen-bond acceptors (Lipinski definition) is 2. The highest BCUT2D eigenvalue weighted by molar-refractivity contribution is 5.88. The molecule has 1 fully saturated rings. The van der Waals surface area contributed by atoms with Gasteiger partial charge in [0.15, 0.2) is 6.30 Å². The van der Waals surface area contributed by atoms with Crippen molar-refractivity contribution in [2.45, 2.75) is 32.5 Å². The van der Waals surface area contributed by atoms with Crippen LogP contribution in [0.25, 0.3) is 22.0 Å². The SMILES string of the molecule is Cc1c(-c2ccc(CC3CCN(F)C(F)C3)cc2)cnc2ccccc12. The van der Waals surface area contributed by atoms with Gasteiger partial charge in [0.25, 0.3) is 0 Å². The molecule has 4 heteroatoms. The van der Waals surface area contributed by atoms with E-state index in [-0.39, 0.29) is 18.9 Å². The van der Waals surface area contributed by atoms with Gasteiger partial charge in [0.05, 0.1) is 5.52 Å². The van der Waals surface area contributed by atoms with Crippen LogP contribution in [0.15, 0.2) is 54.7 Å². The molecular formula is C22H22F2N2. The number of aryl methyl sites for hydroxylation is 1. The van der Waals surface area contributed by atoms with Gasteiger partial charge in [-0.2, -0.15) is 0 Å². The van der Waals surface area contributed by atoms with E-state index >= 15 is 0 Å². The Labute approximate surface area is 152 Å². The second-order valence-electron chi connectivity index (χ2n) is 7.16. The Morgan fingerprint density at radius 2 is 1.88 bits per heavy atom. The summed E-state index contributed by atoms with van der Waals surface area (Å²) in [7, 11) is 0. The highest BCUT2D eigenvalue weighted by atomic mass is 19.2. The van der Waals surface area contributed by atoms with Crippen molar-refractivity contribution < 1.29 is 8.87 Å². The first-order valence-corrected chi connectivity index (χ1v) is 9.12. The van der Waals surface area contributed by atoms with E-state index in [1.807, 2.05) is 24.4 Å². The minimum Gasteiger partial charge on any atom is -0.256 e. The van der Waals surface area contributed by atoms with E-state index in [9.17, 15) is 8.87 Å². The second-order valence-corrected chi connectivity index (χ2v) is 7.16. The molecule has 1 saturated heterocycles. The first-order chi connectivity index (χ1) is 12.6. The van der Waals surface area contributed by atoms with Crippen LogP contribution in [0.2, 0.25) is 0 Å². The molecule has 4 rings (SSSR count). The molecule has 0 bridgehead atoms. The Morgan fingerprint density at radius 1 is 1.12 bits per heavy atom. The molecule has 0 radical (unpaired) electrons. The quantitative estimate of drug-likeness (QED) is 0.448.